The Balaban J connectivity index is 2.31. The average molecular weight is 387 g/mol. The van der Waals surface area contributed by atoms with Gasteiger partial charge in [-0.15, -0.1) is 0 Å². The van der Waals surface area contributed by atoms with Crippen LogP contribution in [0.3, 0.4) is 0 Å². The first-order valence-electron chi connectivity index (χ1n) is 8.16. The first-order chi connectivity index (χ1) is 12.2. The maximum atomic E-state index is 13.5. The Morgan fingerprint density at radius 2 is 2.04 bits per heavy atom. The molecule has 140 valence electrons. The molecule has 0 saturated heterocycles. The number of H-pyrrole nitrogens is 1. The van der Waals surface area contributed by atoms with E-state index in [-0.39, 0.29) is 10.6 Å². The number of halogens is 4. The molecule has 0 saturated carbocycles. The molecule has 0 spiro atoms. The summed E-state index contributed by atoms with van der Waals surface area (Å²) in [7, 11) is 0. The predicted octanol–water partition coefficient (Wildman–Crippen LogP) is 3.97. The minimum atomic E-state index is -3.82. The molecule has 0 aliphatic rings. The van der Waals surface area contributed by atoms with E-state index in [9.17, 15) is 23.1 Å². The van der Waals surface area contributed by atoms with Gasteiger partial charge in [-0.3, -0.25) is 4.79 Å². The number of aromatic nitrogens is 2. The fraction of sp³-hybridized carbons (Fsp3) is 0.389. The van der Waals surface area contributed by atoms with Crippen LogP contribution in [0.2, 0.25) is 5.02 Å². The number of hydrogen-bond donors (Lipinski definition) is 2. The summed E-state index contributed by atoms with van der Waals surface area (Å²) in [5.74, 6) is -3.82. The maximum Gasteiger partial charge on any atom is 0.302 e. The molecule has 2 N–H and O–H groups in total. The van der Waals surface area contributed by atoms with Crippen molar-refractivity contribution < 1.29 is 18.3 Å². The van der Waals surface area contributed by atoms with E-state index in [1.54, 1.807) is 23.6 Å². The highest BCUT2D eigenvalue weighted by Crippen LogP contribution is 2.36. The summed E-state index contributed by atoms with van der Waals surface area (Å²) in [4.78, 5) is 14.4. The molecule has 0 radical (unpaired) electrons. The first kappa shape index (κ1) is 18.8. The number of rotatable bonds is 5. The average Bonchev–Trinajstić information content (AvgIpc) is 2.85. The zero-order valence-corrected chi connectivity index (χ0v) is 15.0. The second-order valence-corrected chi connectivity index (χ2v) is 6.71. The molecule has 1 unspecified atom stereocenters. The van der Waals surface area contributed by atoms with Crippen LogP contribution in [0.4, 0.5) is 13.2 Å². The predicted molar refractivity (Wildman–Crippen MR) is 96.1 cm³/mol. The minimum Gasteiger partial charge on any atom is -0.385 e. The highest BCUT2D eigenvalue weighted by Gasteiger charge is 2.39. The van der Waals surface area contributed by atoms with E-state index < -0.39 is 25.2 Å². The lowest BCUT2D eigenvalue weighted by molar-refractivity contribution is -0.125. The van der Waals surface area contributed by atoms with Crippen molar-refractivity contribution in [1.82, 2.24) is 9.55 Å². The van der Waals surface area contributed by atoms with Gasteiger partial charge in [0.2, 0.25) is 5.56 Å². The molecule has 0 bridgehead atoms. The van der Waals surface area contributed by atoms with Crippen LogP contribution < -0.4 is 5.56 Å². The number of alkyl halides is 3. The van der Waals surface area contributed by atoms with Gasteiger partial charge < -0.3 is 14.7 Å². The molecular formula is C18H18ClF3N2O2. The molecule has 0 amide bonds. The van der Waals surface area contributed by atoms with Crippen LogP contribution in [0.15, 0.2) is 23.0 Å². The number of nitrogens with one attached hydrogen (secondary N) is 1. The number of aromatic amines is 1. The molecule has 0 aliphatic carbocycles. The van der Waals surface area contributed by atoms with Crippen molar-refractivity contribution >= 4 is 33.4 Å². The quantitative estimate of drug-likeness (QED) is 0.697. The van der Waals surface area contributed by atoms with Gasteiger partial charge >= 0.3 is 5.92 Å². The van der Waals surface area contributed by atoms with Crippen LogP contribution in [0.5, 0.6) is 0 Å². The second kappa shape index (κ2) is 6.63. The number of aryl methyl sites for hydroxylation is 1. The highest BCUT2D eigenvalue weighted by molar-refractivity contribution is 6.37. The van der Waals surface area contributed by atoms with Crippen LogP contribution in [-0.2, 0) is 13.0 Å². The minimum absolute atomic E-state index is 0.260. The van der Waals surface area contributed by atoms with Crippen LogP contribution in [0.25, 0.3) is 21.8 Å². The molecule has 2 heterocycles. The van der Waals surface area contributed by atoms with Crippen LogP contribution in [0, 0.1) is 6.92 Å². The third-order valence-corrected chi connectivity index (χ3v) is 5.04. The van der Waals surface area contributed by atoms with Crippen molar-refractivity contribution in [2.45, 2.75) is 38.8 Å². The van der Waals surface area contributed by atoms with E-state index in [1.807, 2.05) is 6.92 Å². The molecule has 26 heavy (non-hydrogen) atoms. The Bertz CT molecular complexity index is 1040. The fourth-order valence-corrected chi connectivity index (χ4v) is 3.71. The van der Waals surface area contributed by atoms with E-state index in [0.29, 0.717) is 28.5 Å². The number of aliphatic hydroxyl groups is 1. The highest BCUT2D eigenvalue weighted by atomic mass is 35.5. The van der Waals surface area contributed by atoms with Crippen molar-refractivity contribution in [2.24, 2.45) is 0 Å². The van der Waals surface area contributed by atoms with Gasteiger partial charge in [-0.2, -0.15) is 0 Å². The monoisotopic (exact) mass is 386 g/mol. The first-order valence-corrected chi connectivity index (χ1v) is 8.54. The topological polar surface area (TPSA) is 58.0 Å². The molecule has 8 heteroatoms. The summed E-state index contributed by atoms with van der Waals surface area (Å²) in [6, 6.07) is 4.58. The molecule has 1 aromatic carbocycles. The summed E-state index contributed by atoms with van der Waals surface area (Å²) in [5, 5.41) is 11.4. The van der Waals surface area contributed by atoms with Crippen LogP contribution >= 0.6 is 11.6 Å². The molecule has 4 nitrogen and oxygen atoms in total. The van der Waals surface area contributed by atoms with Gasteiger partial charge in [0.1, 0.15) is 6.10 Å². The fourth-order valence-electron chi connectivity index (χ4n) is 3.42. The van der Waals surface area contributed by atoms with Crippen molar-refractivity contribution in [3.8, 4) is 0 Å². The third kappa shape index (κ3) is 2.89. The van der Waals surface area contributed by atoms with E-state index in [4.69, 9.17) is 11.6 Å². The van der Waals surface area contributed by atoms with Gasteiger partial charge in [0.15, 0.2) is 6.67 Å². The zero-order valence-electron chi connectivity index (χ0n) is 14.2. The maximum absolute atomic E-state index is 13.5. The van der Waals surface area contributed by atoms with Gasteiger partial charge in [-0.25, -0.2) is 13.2 Å². The summed E-state index contributed by atoms with van der Waals surface area (Å²) in [5.41, 5.74) is 2.35. The van der Waals surface area contributed by atoms with E-state index in [2.05, 4.69) is 4.98 Å². The molecule has 3 rings (SSSR count). The Labute approximate surface area is 152 Å². The Kier molecular flexibility index (Phi) is 4.79. The molecule has 2 aromatic heterocycles. The van der Waals surface area contributed by atoms with Crippen molar-refractivity contribution in [3.63, 3.8) is 0 Å². The summed E-state index contributed by atoms with van der Waals surface area (Å²) < 4.78 is 41.1. The SMILES string of the molecule is CCc1c(C)n(CC(O)C(F)(F)CF)c2ccc3[nH]c(=O)cc(Cl)c3c12. The van der Waals surface area contributed by atoms with E-state index in [0.717, 1.165) is 10.9 Å². The van der Waals surface area contributed by atoms with Gasteiger partial charge in [0.05, 0.1) is 17.1 Å². The van der Waals surface area contributed by atoms with Gasteiger partial charge in [0.25, 0.3) is 0 Å². The summed E-state index contributed by atoms with van der Waals surface area (Å²) in [6.07, 6.45) is -1.56. The largest absolute Gasteiger partial charge is 0.385 e. The number of hydrogen-bond acceptors (Lipinski definition) is 2. The molecule has 3 aromatic rings. The number of nitrogens with zero attached hydrogens (tertiary/aromatic N) is 1. The summed E-state index contributed by atoms with van der Waals surface area (Å²) in [6.45, 7) is 1.29. The van der Waals surface area contributed by atoms with Crippen molar-refractivity contribution in [1.29, 1.82) is 0 Å². The molecular weight excluding hydrogens is 369 g/mol. The molecule has 1 atom stereocenters. The van der Waals surface area contributed by atoms with Gasteiger partial charge in [-0.1, -0.05) is 18.5 Å². The zero-order chi connectivity index (χ0) is 19.2. The van der Waals surface area contributed by atoms with Crippen molar-refractivity contribution in [2.75, 3.05) is 6.67 Å². The van der Waals surface area contributed by atoms with Crippen LogP contribution in [0.1, 0.15) is 18.2 Å². The third-order valence-electron chi connectivity index (χ3n) is 4.75. The summed E-state index contributed by atoms with van der Waals surface area (Å²) >= 11 is 6.28. The number of fused-ring (bicyclic) bond motifs is 3. The van der Waals surface area contributed by atoms with Crippen LogP contribution in [-0.4, -0.2) is 33.4 Å². The lowest BCUT2D eigenvalue weighted by Gasteiger charge is -2.21. The smallest absolute Gasteiger partial charge is 0.302 e. The lowest BCUT2D eigenvalue weighted by atomic mass is 10.0. The van der Waals surface area contributed by atoms with E-state index >= 15 is 0 Å². The molecule has 0 aliphatic heterocycles. The van der Waals surface area contributed by atoms with Gasteiger partial charge in [0, 0.05) is 28.0 Å². The Morgan fingerprint density at radius 1 is 1.35 bits per heavy atom. The van der Waals surface area contributed by atoms with Gasteiger partial charge in [-0.05, 0) is 31.0 Å². The standard InChI is InChI=1S/C18H18ClF3N2O2/c1-3-10-9(2)24(7-14(25)18(21,22)8-20)13-5-4-12-17(16(10)13)11(19)6-15(26)23-12/h4-6,14,25H,3,7-8H2,1-2H3,(H,23,26). The lowest BCUT2D eigenvalue weighted by Crippen LogP contribution is -2.38. The van der Waals surface area contributed by atoms with E-state index in [1.165, 1.54) is 6.07 Å². The Morgan fingerprint density at radius 3 is 2.65 bits per heavy atom. The second-order valence-electron chi connectivity index (χ2n) is 6.30. The number of aliphatic hydroxyl groups excluding tert-OH is 1. The Hall–Kier alpha value is -1.99. The number of benzene rings is 1. The van der Waals surface area contributed by atoms with Crippen molar-refractivity contribution in [3.05, 3.63) is 44.8 Å². The molecule has 0 fully saturated rings. The number of pyridine rings is 1. The normalized spacial score (nSPS) is 13.7.